The molecule has 0 bridgehead atoms. The zero-order valence-electron chi connectivity index (χ0n) is 19.0. The second kappa shape index (κ2) is 10.3. The van der Waals surface area contributed by atoms with Crippen LogP contribution >= 0.6 is 11.8 Å². The van der Waals surface area contributed by atoms with Crippen molar-refractivity contribution in [1.82, 2.24) is 15.0 Å². The van der Waals surface area contributed by atoms with Gasteiger partial charge in [0, 0.05) is 17.7 Å². The number of nitrogens with zero attached hydrogens (tertiary/aromatic N) is 4. The van der Waals surface area contributed by atoms with E-state index in [1.807, 2.05) is 31.2 Å². The van der Waals surface area contributed by atoms with Gasteiger partial charge in [-0.05, 0) is 37.6 Å². The molecule has 176 valence electrons. The minimum atomic E-state index is -0.490. The van der Waals surface area contributed by atoms with Crippen LogP contribution in [0, 0.1) is 17.0 Å². The number of benzene rings is 3. The van der Waals surface area contributed by atoms with E-state index in [1.54, 1.807) is 43.3 Å². The van der Waals surface area contributed by atoms with Gasteiger partial charge in [0.2, 0.25) is 0 Å². The van der Waals surface area contributed by atoms with Crippen LogP contribution in [-0.4, -0.2) is 31.8 Å². The molecule has 0 saturated carbocycles. The highest BCUT2D eigenvalue weighted by Crippen LogP contribution is 2.23. The molecule has 0 fully saturated rings. The number of carbonyl (C=O) groups excluding carboxylic acids is 1. The Bertz CT molecular complexity index is 1530. The third kappa shape index (κ3) is 5.28. The number of amides is 1. The molecule has 10 heteroatoms. The van der Waals surface area contributed by atoms with Gasteiger partial charge < -0.3 is 0 Å². The number of aromatic nitrogens is 2. The van der Waals surface area contributed by atoms with Crippen LogP contribution < -0.4 is 11.0 Å². The van der Waals surface area contributed by atoms with E-state index in [1.165, 1.54) is 16.7 Å². The van der Waals surface area contributed by atoms with Crippen LogP contribution in [0.3, 0.4) is 0 Å². The summed E-state index contributed by atoms with van der Waals surface area (Å²) in [6.07, 6.45) is 0. The molecule has 4 rings (SSSR count). The number of thioether (sulfide) groups is 1. The number of nitro benzene ring substituents is 1. The fourth-order valence-electron chi connectivity index (χ4n) is 3.45. The van der Waals surface area contributed by atoms with Crippen LogP contribution in [0.25, 0.3) is 16.6 Å². The van der Waals surface area contributed by atoms with Crippen LogP contribution in [0.4, 0.5) is 5.69 Å². The molecule has 0 aliphatic heterocycles. The Hall–Kier alpha value is -4.31. The van der Waals surface area contributed by atoms with E-state index >= 15 is 0 Å². The Morgan fingerprint density at radius 3 is 2.63 bits per heavy atom. The largest absolute Gasteiger partial charge is 0.272 e. The van der Waals surface area contributed by atoms with E-state index in [0.29, 0.717) is 33.0 Å². The standard InChI is InChI=1S/C25H21N5O4S/c1-16-8-3-6-13-22(16)29-24(32)20-11-4-5-12-21(20)26-25(29)35-15-23(31)28-27-17(2)18-9-7-10-19(14-18)30(33)34/h3-14H,15H2,1-2H3,(H,28,31)/b27-17-. The summed E-state index contributed by atoms with van der Waals surface area (Å²) in [7, 11) is 0. The number of nitro groups is 1. The van der Waals surface area contributed by atoms with Gasteiger partial charge in [-0.15, -0.1) is 0 Å². The lowest BCUT2D eigenvalue weighted by Crippen LogP contribution is -2.25. The Balaban J connectivity index is 1.58. The molecule has 1 heterocycles. The number of aryl methyl sites for hydroxylation is 1. The first-order valence-electron chi connectivity index (χ1n) is 10.6. The Morgan fingerprint density at radius 1 is 1.11 bits per heavy atom. The van der Waals surface area contributed by atoms with Gasteiger partial charge in [-0.3, -0.25) is 24.3 Å². The monoisotopic (exact) mass is 487 g/mol. The minimum absolute atomic E-state index is 0.0393. The summed E-state index contributed by atoms with van der Waals surface area (Å²) in [4.78, 5) is 41.0. The molecule has 35 heavy (non-hydrogen) atoms. The van der Waals surface area contributed by atoms with E-state index in [-0.39, 0.29) is 17.0 Å². The summed E-state index contributed by atoms with van der Waals surface area (Å²) in [6, 6.07) is 20.6. The topological polar surface area (TPSA) is 119 Å². The molecule has 0 unspecified atom stereocenters. The minimum Gasteiger partial charge on any atom is -0.272 e. The molecule has 3 aromatic carbocycles. The van der Waals surface area contributed by atoms with Crippen molar-refractivity contribution in [2.45, 2.75) is 19.0 Å². The van der Waals surface area contributed by atoms with Crippen molar-refractivity contribution in [3.63, 3.8) is 0 Å². The average Bonchev–Trinajstić information content (AvgIpc) is 2.87. The van der Waals surface area contributed by atoms with Crippen LogP contribution in [0.15, 0.2) is 87.8 Å². The number of hydrogen-bond donors (Lipinski definition) is 1. The van der Waals surface area contributed by atoms with Gasteiger partial charge in [-0.2, -0.15) is 5.10 Å². The molecule has 0 aliphatic carbocycles. The fourth-order valence-corrected chi connectivity index (χ4v) is 4.25. The normalized spacial score (nSPS) is 11.4. The van der Waals surface area contributed by atoms with Gasteiger partial charge in [0.1, 0.15) is 0 Å². The summed E-state index contributed by atoms with van der Waals surface area (Å²) in [5, 5.41) is 15.9. The van der Waals surface area contributed by atoms with Crippen molar-refractivity contribution < 1.29 is 9.72 Å². The number of fused-ring (bicyclic) bond motifs is 1. The van der Waals surface area contributed by atoms with E-state index in [4.69, 9.17) is 0 Å². The summed E-state index contributed by atoms with van der Waals surface area (Å²) < 4.78 is 1.52. The number of nitrogens with one attached hydrogen (secondary N) is 1. The average molecular weight is 488 g/mol. The maximum atomic E-state index is 13.3. The highest BCUT2D eigenvalue weighted by molar-refractivity contribution is 7.99. The van der Waals surface area contributed by atoms with Crippen molar-refractivity contribution in [3.05, 3.63) is 104 Å². The first kappa shape index (κ1) is 23.8. The fraction of sp³-hybridized carbons (Fsp3) is 0.120. The SMILES string of the molecule is C/C(=N/NC(=O)CSc1nc2ccccc2c(=O)n1-c1ccccc1C)c1cccc([N+](=O)[O-])c1. The second-order valence-electron chi connectivity index (χ2n) is 7.67. The maximum Gasteiger partial charge on any atom is 0.270 e. The van der Waals surface area contributed by atoms with Crippen LogP contribution in [0.5, 0.6) is 0 Å². The maximum absolute atomic E-state index is 13.3. The lowest BCUT2D eigenvalue weighted by molar-refractivity contribution is -0.384. The number of hydrogen-bond acceptors (Lipinski definition) is 7. The lowest BCUT2D eigenvalue weighted by atomic mass is 10.1. The predicted molar refractivity (Wildman–Crippen MR) is 136 cm³/mol. The Labute approximate surface area is 204 Å². The second-order valence-corrected chi connectivity index (χ2v) is 8.61. The highest BCUT2D eigenvalue weighted by Gasteiger charge is 2.16. The molecule has 1 aromatic heterocycles. The molecule has 4 aromatic rings. The van der Waals surface area contributed by atoms with E-state index < -0.39 is 10.8 Å². The Morgan fingerprint density at radius 2 is 1.86 bits per heavy atom. The van der Waals surface area contributed by atoms with Gasteiger partial charge in [-0.1, -0.05) is 54.2 Å². The molecule has 9 nitrogen and oxygen atoms in total. The first-order valence-corrected chi connectivity index (χ1v) is 11.6. The van der Waals surface area contributed by atoms with Gasteiger partial charge in [0.15, 0.2) is 5.16 Å². The Kier molecular flexibility index (Phi) is 7.02. The summed E-state index contributed by atoms with van der Waals surface area (Å²) in [6.45, 7) is 3.55. The van der Waals surface area contributed by atoms with E-state index in [9.17, 15) is 19.7 Å². The van der Waals surface area contributed by atoms with Gasteiger partial charge in [0.25, 0.3) is 17.2 Å². The molecular weight excluding hydrogens is 466 g/mol. The van der Waals surface area contributed by atoms with Gasteiger partial charge >= 0.3 is 0 Å². The zero-order chi connectivity index (χ0) is 24.9. The van der Waals surface area contributed by atoms with Crippen LogP contribution in [0.2, 0.25) is 0 Å². The van der Waals surface area contributed by atoms with Crippen molar-refractivity contribution in [2.75, 3.05) is 5.75 Å². The van der Waals surface area contributed by atoms with Gasteiger partial charge in [-0.25, -0.2) is 10.4 Å². The molecule has 0 atom stereocenters. The van der Waals surface area contributed by atoms with Gasteiger partial charge in [0.05, 0.1) is 33.0 Å². The zero-order valence-corrected chi connectivity index (χ0v) is 19.8. The van der Waals surface area contributed by atoms with Crippen molar-refractivity contribution in [2.24, 2.45) is 5.10 Å². The molecular formula is C25H21N5O4S. The summed E-state index contributed by atoms with van der Waals surface area (Å²) in [5.41, 5.74) is 5.28. The molecule has 0 saturated heterocycles. The number of non-ortho nitro benzene ring substituents is 1. The quantitative estimate of drug-likeness (QED) is 0.137. The molecule has 0 spiro atoms. The number of para-hydroxylation sites is 2. The molecule has 0 radical (unpaired) electrons. The van der Waals surface area contributed by atoms with E-state index in [2.05, 4.69) is 15.5 Å². The van der Waals surface area contributed by atoms with Crippen LogP contribution in [0.1, 0.15) is 18.1 Å². The third-order valence-corrected chi connectivity index (χ3v) is 6.20. The third-order valence-electron chi connectivity index (χ3n) is 5.26. The molecule has 1 N–H and O–H groups in total. The highest BCUT2D eigenvalue weighted by atomic mass is 32.2. The summed E-state index contributed by atoms with van der Waals surface area (Å²) >= 11 is 1.12. The summed E-state index contributed by atoms with van der Waals surface area (Å²) in [5.74, 6) is -0.443. The first-order chi connectivity index (χ1) is 16.8. The number of rotatable bonds is 7. The smallest absolute Gasteiger partial charge is 0.270 e. The number of carbonyl (C=O) groups is 1. The van der Waals surface area contributed by atoms with Crippen molar-refractivity contribution in [1.29, 1.82) is 0 Å². The molecule has 0 aliphatic rings. The van der Waals surface area contributed by atoms with Crippen molar-refractivity contribution in [3.8, 4) is 5.69 Å². The predicted octanol–water partition coefficient (Wildman–Crippen LogP) is 4.23. The van der Waals surface area contributed by atoms with Crippen molar-refractivity contribution >= 4 is 40.0 Å². The van der Waals surface area contributed by atoms with E-state index in [0.717, 1.165) is 17.3 Å². The lowest BCUT2D eigenvalue weighted by Gasteiger charge is -2.14. The molecule has 1 amide bonds. The van der Waals surface area contributed by atoms with Crippen LogP contribution in [-0.2, 0) is 4.79 Å². The number of hydrazone groups is 1.